The van der Waals surface area contributed by atoms with Gasteiger partial charge in [-0.15, -0.1) is 4.98 Å². The summed E-state index contributed by atoms with van der Waals surface area (Å²) in [6, 6.07) is 7.45. The Bertz CT molecular complexity index is 1480. The number of amides is 2. The predicted molar refractivity (Wildman–Crippen MR) is 159 cm³/mol. The van der Waals surface area contributed by atoms with Gasteiger partial charge in [-0.05, 0) is 103 Å². The van der Waals surface area contributed by atoms with Gasteiger partial charge in [0.15, 0.2) is 5.69 Å². The van der Waals surface area contributed by atoms with Crippen molar-refractivity contribution in [1.29, 1.82) is 0 Å². The third-order valence-electron chi connectivity index (χ3n) is 8.39. The van der Waals surface area contributed by atoms with Crippen LogP contribution in [-0.4, -0.2) is 46.4 Å². The highest BCUT2D eigenvalue weighted by Gasteiger charge is 2.51. The van der Waals surface area contributed by atoms with Gasteiger partial charge in [0.05, 0.1) is 28.3 Å². The van der Waals surface area contributed by atoms with Crippen molar-refractivity contribution in [2.45, 2.75) is 95.8 Å². The van der Waals surface area contributed by atoms with E-state index in [9.17, 15) is 9.59 Å². The standard InChI is InChI=1S/C17H23N3O2.C15H17N3O2/c1-16(2,3)22-15(21)20-9-10-8-11(10)14-12(20)4-5-13(19-14)17(18)6-7-17;1-15(2,3)20-14(19)18-8-9-7-10(9)13-11(18)5-6-12(16-4)17-13/h4-5,10-11H,6-9,18H2,1-3H3;5-6,9-10H,7-8H2,1-3H3. The Kier molecular flexibility index (Phi) is 6.54. The zero-order valence-corrected chi connectivity index (χ0v) is 25.3. The molecule has 222 valence electrons. The number of rotatable bonds is 1. The van der Waals surface area contributed by atoms with E-state index < -0.39 is 11.2 Å². The van der Waals surface area contributed by atoms with Crippen LogP contribution in [0.15, 0.2) is 24.3 Å². The summed E-state index contributed by atoms with van der Waals surface area (Å²) in [7, 11) is 0. The largest absolute Gasteiger partial charge is 0.443 e. The molecule has 10 nitrogen and oxygen atoms in total. The van der Waals surface area contributed by atoms with Crippen LogP contribution in [0.5, 0.6) is 0 Å². The molecule has 3 fully saturated rings. The minimum Gasteiger partial charge on any atom is -0.443 e. The van der Waals surface area contributed by atoms with Gasteiger partial charge in [0.25, 0.3) is 5.82 Å². The van der Waals surface area contributed by atoms with Crippen LogP contribution in [0.1, 0.15) is 96.1 Å². The van der Waals surface area contributed by atoms with Gasteiger partial charge in [-0.2, -0.15) is 0 Å². The normalized spacial score (nSPS) is 25.7. The summed E-state index contributed by atoms with van der Waals surface area (Å²) >= 11 is 0. The zero-order valence-electron chi connectivity index (χ0n) is 25.3. The molecule has 4 unspecified atom stereocenters. The number of nitrogens with two attached hydrogens (primary N) is 1. The van der Waals surface area contributed by atoms with Gasteiger partial charge in [-0.3, -0.25) is 14.8 Å². The monoisotopic (exact) mass is 572 g/mol. The second-order valence-electron chi connectivity index (χ2n) is 14.3. The van der Waals surface area contributed by atoms with Gasteiger partial charge in [0, 0.05) is 24.9 Å². The van der Waals surface area contributed by atoms with E-state index in [0.29, 0.717) is 36.0 Å². The molecule has 3 saturated carbocycles. The lowest BCUT2D eigenvalue weighted by molar-refractivity contribution is 0.0565. The maximum Gasteiger partial charge on any atom is 0.414 e. The maximum atomic E-state index is 12.5. The Morgan fingerprint density at radius 1 is 0.857 bits per heavy atom. The first-order chi connectivity index (χ1) is 19.7. The molecule has 0 spiro atoms. The number of ether oxygens (including phenoxy) is 2. The molecule has 0 bridgehead atoms. The van der Waals surface area contributed by atoms with Crippen molar-refractivity contribution in [3.05, 3.63) is 52.8 Å². The predicted octanol–water partition coefficient (Wildman–Crippen LogP) is 6.38. The SMILES string of the molecule is CC(C)(C)OC(=O)N1CC2CC2c2nc(C3(N)CC3)ccc21.[C-]#[N+]c1ccc2c(n1)C1CC1CN2C(=O)OC(C)(C)C. The van der Waals surface area contributed by atoms with Crippen molar-refractivity contribution in [2.75, 3.05) is 22.9 Å². The van der Waals surface area contributed by atoms with Crippen molar-refractivity contribution in [3.8, 4) is 0 Å². The summed E-state index contributed by atoms with van der Waals surface area (Å²) in [5, 5.41) is 0. The van der Waals surface area contributed by atoms with Crippen molar-refractivity contribution in [3.63, 3.8) is 0 Å². The van der Waals surface area contributed by atoms with Gasteiger partial charge >= 0.3 is 12.2 Å². The van der Waals surface area contributed by atoms with Crippen molar-refractivity contribution >= 4 is 29.4 Å². The Morgan fingerprint density at radius 3 is 1.79 bits per heavy atom. The minimum absolute atomic E-state index is 0.229. The number of fused-ring (bicyclic) bond motifs is 6. The van der Waals surface area contributed by atoms with Crippen LogP contribution < -0.4 is 15.5 Å². The average molecular weight is 573 g/mol. The number of anilines is 2. The summed E-state index contributed by atoms with van der Waals surface area (Å²) in [6.07, 6.45) is 3.55. The molecule has 2 N–H and O–H groups in total. The van der Waals surface area contributed by atoms with Crippen molar-refractivity contribution in [1.82, 2.24) is 9.97 Å². The molecule has 2 amide bonds. The molecule has 5 aliphatic rings. The van der Waals surface area contributed by atoms with Crippen LogP contribution in [0.2, 0.25) is 0 Å². The van der Waals surface area contributed by atoms with Gasteiger partial charge in [-0.25, -0.2) is 9.59 Å². The second-order valence-corrected chi connectivity index (χ2v) is 14.3. The number of aromatic nitrogens is 2. The molecule has 0 saturated heterocycles. The summed E-state index contributed by atoms with van der Waals surface area (Å²) in [6.45, 7) is 19.7. The molecule has 2 aliphatic heterocycles. The van der Waals surface area contributed by atoms with E-state index in [1.165, 1.54) is 0 Å². The lowest BCUT2D eigenvalue weighted by Crippen LogP contribution is -2.40. The fraction of sp³-hybridized carbons (Fsp3) is 0.594. The van der Waals surface area contributed by atoms with Crippen molar-refractivity contribution in [2.24, 2.45) is 17.6 Å². The average Bonchev–Trinajstić information content (AvgIpc) is 3.79. The number of carbonyl (C=O) groups is 2. The zero-order chi connectivity index (χ0) is 30.2. The van der Waals surface area contributed by atoms with E-state index in [0.717, 1.165) is 60.7 Å². The number of carbonyl (C=O) groups excluding carboxylic acids is 2. The fourth-order valence-electron chi connectivity index (χ4n) is 5.87. The number of hydrogen-bond donors (Lipinski definition) is 1. The summed E-state index contributed by atoms with van der Waals surface area (Å²) in [5.74, 6) is 2.28. The summed E-state index contributed by atoms with van der Waals surface area (Å²) < 4.78 is 11.0. The lowest BCUT2D eigenvalue weighted by atomic mass is 10.0. The van der Waals surface area contributed by atoms with E-state index >= 15 is 0 Å². The number of hydrogen-bond acceptors (Lipinski definition) is 7. The quantitative estimate of drug-likeness (QED) is 0.394. The van der Waals surface area contributed by atoms with Crippen LogP contribution in [0.4, 0.5) is 26.8 Å². The highest BCUT2D eigenvalue weighted by molar-refractivity contribution is 5.91. The van der Waals surface area contributed by atoms with Gasteiger partial charge in [0.2, 0.25) is 0 Å². The van der Waals surface area contributed by atoms with Crippen LogP contribution >= 0.6 is 0 Å². The van der Waals surface area contributed by atoms with Gasteiger partial charge in [0.1, 0.15) is 11.2 Å². The number of nitrogens with zero attached hydrogens (tertiary/aromatic N) is 5. The molecule has 3 aliphatic carbocycles. The topological polar surface area (TPSA) is 115 Å². The first-order valence-corrected chi connectivity index (χ1v) is 14.9. The Hall–Kier alpha value is -3.71. The first-order valence-electron chi connectivity index (χ1n) is 14.9. The third kappa shape index (κ3) is 5.67. The molecule has 10 heteroatoms. The molecule has 4 atom stereocenters. The summed E-state index contributed by atoms with van der Waals surface area (Å²) in [5.41, 5.74) is 9.63. The molecule has 4 heterocycles. The molecular formula is C32H40N6O4. The molecule has 0 radical (unpaired) electrons. The molecular weight excluding hydrogens is 532 g/mol. The van der Waals surface area contributed by atoms with Gasteiger partial charge < -0.3 is 20.1 Å². The van der Waals surface area contributed by atoms with Gasteiger partial charge in [-0.1, -0.05) is 6.57 Å². The minimum atomic E-state index is -0.512. The van der Waals surface area contributed by atoms with Crippen molar-refractivity contribution < 1.29 is 19.1 Å². The van der Waals surface area contributed by atoms with Crippen LogP contribution in [0.25, 0.3) is 4.85 Å². The maximum absolute atomic E-state index is 12.5. The number of pyridine rings is 2. The van der Waals surface area contributed by atoms with E-state index in [1.54, 1.807) is 15.9 Å². The Morgan fingerprint density at radius 2 is 1.33 bits per heavy atom. The Labute approximate surface area is 247 Å². The molecule has 2 aromatic heterocycles. The van der Waals surface area contributed by atoms with Crippen LogP contribution in [-0.2, 0) is 15.0 Å². The smallest absolute Gasteiger partial charge is 0.414 e. The molecule has 42 heavy (non-hydrogen) atoms. The van der Waals surface area contributed by atoms with E-state index in [1.807, 2.05) is 59.7 Å². The Balaban J connectivity index is 0.000000151. The fourth-order valence-corrected chi connectivity index (χ4v) is 5.87. The molecule has 2 aromatic rings. The third-order valence-corrected chi connectivity index (χ3v) is 8.39. The highest BCUT2D eigenvalue weighted by Crippen LogP contribution is 2.56. The molecule has 7 rings (SSSR count). The van der Waals surface area contributed by atoms with E-state index in [2.05, 4.69) is 9.83 Å². The van der Waals surface area contributed by atoms with E-state index in [-0.39, 0.29) is 17.7 Å². The second kappa shape index (κ2) is 9.66. The summed E-state index contributed by atoms with van der Waals surface area (Å²) in [4.78, 5) is 40.8. The molecule has 0 aromatic carbocycles. The first kappa shape index (κ1) is 28.4. The van der Waals surface area contributed by atoms with Crippen LogP contribution in [0, 0.1) is 18.4 Å². The lowest BCUT2D eigenvalue weighted by Gasteiger charge is -2.31. The highest BCUT2D eigenvalue weighted by atomic mass is 16.6. The van der Waals surface area contributed by atoms with Crippen LogP contribution in [0.3, 0.4) is 0 Å². The van der Waals surface area contributed by atoms with E-state index in [4.69, 9.17) is 26.8 Å².